The van der Waals surface area contributed by atoms with Gasteiger partial charge in [0.2, 0.25) is 5.88 Å². The Labute approximate surface area is 116 Å². The number of fused-ring (bicyclic) bond motifs is 8. The fourth-order valence-electron chi connectivity index (χ4n) is 3.09. The molecule has 0 saturated carbocycles. The highest BCUT2D eigenvalue weighted by atomic mass is 16.3. The minimum Gasteiger partial charge on any atom is -0.494 e. The second-order valence-electron chi connectivity index (χ2n) is 5.01. The van der Waals surface area contributed by atoms with E-state index in [0.717, 1.165) is 16.3 Å². The van der Waals surface area contributed by atoms with Gasteiger partial charge in [-0.25, -0.2) is 9.50 Å². The van der Waals surface area contributed by atoms with Crippen LogP contribution in [0.5, 0.6) is 5.88 Å². The number of hydrogen-bond acceptors (Lipinski definition) is 4. The van der Waals surface area contributed by atoms with E-state index < -0.39 is 0 Å². The third kappa shape index (κ3) is 1.11. The number of hydrogen-bond donors (Lipinski definition) is 2. The molecule has 0 bridgehead atoms. The van der Waals surface area contributed by atoms with Crippen molar-refractivity contribution in [3.8, 4) is 5.88 Å². The summed E-state index contributed by atoms with van der Waals surface area (Å²) in [6.45, 7) is 0. The quantitative estimate of drug-likeness (QED) is 0.453. The van der Waals surface area contributed by atoms with Gasteiger partial charge in [-0.15, -0.1) is 0 Å². The van der Waals surface area contributed by atoms with Gasteiger partial charge in [0.1, 0.15) is 0 Å². The topological polar surface area (TPSA) is 83.3 Å². The zero-order chi connectivity index (χ0) is 14.1. The predicted molar refractivity (Wildman–Crippen MR) is 79.0 cm³/mol. The van der Waals surface area contributed by atoms with Crippen molar-refractivity contribution in [1.29, 1.82) is 0 Å². The van der Waals surface area contributed by atoms with E-state index in [1.807, 2.05) is 24.3 Å². The maximum atomic E-state index is 12.2. The van der Waals surface area contributed by atoms with Crippen LogP contribution < -0.4 is 5.56 Å². The molecule has 0 radical (unpaired) electrons. The largest absolute Gasteiger partial charge is 0.494 e. The molecule has 6 nitrogen and oxygen atoms in total. The molecule has 0 aliphatic heterocycles. The monoisotopic (exact) mass is 276 g/mol. The molecular weight excluding hydrogens is 268 g/mol. The van der Waals surface area contributed by atoms with E-state index in [4.69, 9.17) is 0 Å². The van der Waals surface area contributed by atoms with Crippen molar-refractivity contribution >= 4 is 38.2 Å². The lowest BCUT2D eigenvalue weighted by molar-refractivity contribution is 0.462. The molecule has 5 aromatic rings. The summed E-state index contributed by atoms with van der Waals surface area (Å²) in [7, 11) is 0. The van der Waals surface area contributed by atoms with Crippen LogP contribution in [-0.2, 0) is 0 Å². The van der Waals surface area contributed by atoms with Gasteiger partial charge in [0.15, 0.2) is 5.65 Å². The second-order valence-corrected chi connectivity index (χ2v) is 5.01. The summed E-state index contributed by atoms with van der Waals surface area (Å²) in [5.74, 6) is -0.132. The van der Waals surface area contributed by atoms with Gasteiger partial charge in [0.05, 0.1) is 28.0 Å². The molecule has 0 fully saturated rings. The van der Waals surface area contributed by atoms with Crippen LogP contribution in [0.25, 0.3) is 38.2 Å². The first kappa shape index (κ1) is 10.6. The molecule has 4 heterocycles. The molecule has 2 N–H and O–H groups in total. The molecule has 1 aromatic carbocycles. The van der Waals surface area contributed by atoms with Crippen LogP contribution in [0.1, 0.15) is 0 Å². The zero-order valence-electron chi connectivity index (χ0n) is 10.7. The van der Waals surface area contributed by atoms with Gasteiger partial charge in [0.25, 0.3) is 5.56 Å². The van der Waals surface area contributed by atoms with Gasteiger partial charge in [-0.3, -0.25) is 9.78 Å². The Hall–Kier alpha value is -3.15. The SMILES string of the molecule is O=c1[nH]c(O)c2c1c1c3ccccc3nc1n1nccc21. The van der Waals surface area contributed by atoms with E-state index in [-0.39, 0.29) is 11.4 Å². The Morgan fingerprint density at radius 2 is 1.95 bits per heavy atom. The van der Waals surface area contributed by atoms with E-state index in [9.17, 15) is 9.90 Å². The number of H-pyrrole nitrogens is 1. The molecule has 100 valence electrons. The molecule has 0 amide bonds. The summed E-state index contributed by atoms with van der Waals surface area (Å²) in [5.41, 5.74) is 1.78. The standard InChI is InChI=1S/C15H8N4O2/c20-14-11-9-5-6-16-19(9)13-10(12(11)15(21)18-14)7-3-1-2-4-8(7)17-13/h1-6,20H,(H,18,21). The third-order valence-electron chi connectivity index (χ3n) is 3.92. The van der Waals surface area contributed by atoms with Gasteiger partial charge in [-0.1, -0.05) is 18.2 Å². The van der Waals surface area contributed by atoms with Crippen molar-refractivity contribution < 1.29 is 5.11 Å². The molecular formula is C15H8N4O2. The van der Waals surface area contributed by atoms with E-state index in [1.54, 1.807) is 16.8 Å². The number of aromatic hydroxyl groups is 1. The number of pyridine rings is 1. The molecule has 0 aliphatic rings. The Morgan fingerprint density at radius 1 is 1.10 bits per heavy atom. The minimum atomic E-state index is -0.311. The molecule has 5 rings (SSSR count). The fraction of sp³-hybridized carbons (Fsp3) is 0. The molecule has 21 heavy (non-hydrogen) atoms. The molecule has 0 unspecified atom stereocenters. The highest BCUT2D eigenvalue weighted by Gasteiger charge is 2.20. The van der Waals surface area contributed by atoms with Crippen LogP contribution in [0.2, 0.25) is 0 Å². The van der Waals surface area contributed by atoms with Crippen molar-refractivity contribution in [1.82, 2.24) is 19.6 Å². The Balaban J connectivity index is 2.32. The molecule has 4 aromatic heterocycles. The van der Waals surface area contributed by atoms with E-state index >= 15 is 0 Å². The third-order valence-corrected chi connectivity index (χ3v) is 3.92. The van der Waals surface area contributed by atoms with Crippen molar-refractivity contribution in [2.75, 3.05) is 0 Å². The molecule has 0 spiro atoms. The van der Waals surface area contributed by atoms with Gasteiger partial charge in [0, 0.05) is 10.8 Å². The molecule has 0 aliphatic carbocycles. The Morgan fingerprint density at radius 3 is 2.86 bits per heavy atom. The lowest BCUT2D eigenvalue weighted by Gasteiger charge is -1.99. The number of rotatable bonds is 0. The summed E-state index contributed by atoms with van der Waals surface area (Å²) < 4.78 is 1.66. The summed E-state index contributed by atoms with van der Waals surface area (Å²) in [4.78, 5) is 19.3. The van der Waals surface area contributed by atoms with Gasteiger partial charge >= 0.3 is 0 Å². The van der Waals surface area contributed by atoms with Crippen LogP contribution in [0, 0.1) is 0 Å². The van der Waals surface area contributed by atoms with Crippen LogP contribution in [-0.4, -0.2) is 24.7 Å². The van der Waals surface area contributed by atoms with Gasteiger partial charge in [-0.2, -0.15) is 5.10 Å². The maximum Gasteiger partial charge on any atom is 0.259 e. The highest BCUT2D eigenvalue weighted by molar-refractivity contribution is 6.23. The second kappa shape index (κ2) is 3.29. The van der Waals surface area contributed by atoms with Crippen LogP contribution in [0.3, 0.4) is 0 Å². The van der Waals surface area contributed by atoms with Gasteiger partial charge in [-0.05, 0) is 12.1 Å². The van der Waals surface area contributed by atoms with Crippen molar-refractivity contribution in [2.45, 2.75) is 0 Å². The number of nitrogens with zero attached hydrogens (tertiary/aromatic N) is 3. The normalized spacial score (nSPS) is 12.2. The lowest BCUT2D eigenvalue weighted by atomic mass is 10.1. The number of nitrogens with one attached hydrogen (secondary N) is 1. The van der Waals surface area contributed by atoms with Crippen LogP contribution >= 0.6 is 0 Å². The summed E-state index contributed by atoms with van der Waals surface area (Å²) in [6, 6.07) is 9.38. The van der Waals surface area contributed by atoms with E-state index in [2.05, 4.69) is 15.1 Å². The zero-order valence-corrected chi connectivity index (χ0v) is 10.7. The van der Waals surface area contributed by atoms with E-state index in [1.165, 1.54) is 0 Å². The van der Waals surface area contributed by atoms with Crippen molar-refractivity contribution in [3.63, 3.8) is 0 Å². The van der Waals surface area contributed by atoms with Crippen LogP contribution in [0.15, 0.2) is 41.3 Å². The number of aromatic nitrogens is 4. The van der Waals surface area contributed by atoms with Gasteiger partial charge < -0.3 is 5.11 Å². The number of aromatic amines is 1. The van der Waals surface area contributed by atoms with Crippen LogP contribution in [0.4, 0.5) is 0 Å². The smallest absolute Gasteiger partial charge is 0.259 e. The van der Waals surface area contributed by atoms with Crippen molar-refractivity contribution in [2.24, 2.45) is 0 Å². The molecule has 0 saturated heterocycles. The lowest BCUT2D eigenvalue weighted by Crippen LogP contribution is -1.99. The first-order valence-corrected chi connectivity index (χ1v) is 6.48. The Kier molecular flexibility index (Phi) is 1.66. The van der Waals surface area contributed by atoms with E-state index in [0.29, 0.717) is 21.9 Å². The fourth-order valence-corrected chi connectivity index (χ4v) is 3.09. The average molecular weight is 276 g/mol. The first-order valence-electron chi connectivity index (χ1n) is 6.48. The predicted octanol–water partition coefficient (Wildman–Crippen LogP) is 2.02. The number of para-hydroxylation sites is 1. The summed E-state index contributed by atoms with van der Waals surface area (Å²) >= 11 is 0. The highest BCUT2D eigenvalue weighted by Crippen LogP contribution is 2.35. The average Bonchev–Trinajstić information content (AvgIpc) is 3.14. The molecule has 6 heteroatoms. The van der Waals surface area contributed by atoms with Crippen molar-refractivity contribution in [3.05, 3.63) is 46.9 Å². The maximum absolute atomic E-state index is 12.2. The Bertz CT molecular complexity index is 1220. The minimum absolute atomic E-state index is 0.132. The summed E-state index contributed by atoms with van der Waals surface area (Å²) in [5, 5.41) is 16.9. The number of benzene rings is 1. The summed E-state index contributed by atoms with van der Waals surface area (Å²) in [6.07, 6.45) is 1.63. The first-order chi connectivity index (χ1) is 10.3. The molecule has 0 atom stereocenters.